The molecule has 0 aliphatic rings. The molecule has 0 aliphatic heterocycles. The first-order valence-electron chi connectivity index (χ1n) is 5.44. The van der Waals surface area contributed by atoms with Crippen LogP contribution in [0.3, 0.4) is 0 Å². The summed E-state index contributed by atoms with van der Waals surface area (Å²) in [6, 6.07) is 4.44. The van der Waals surface area contributed by atoms with Crippen molar-refractivity contribution in [3.8, 4) is 0 Å². The van der Waals surface area contributed by atoms with Gasteiger partial charge < -0.3 is 9.76 Å². The molecule has 0 heterocycles. The lowest BCUT2D eigenvalue weighted by Crippen LogP contribution is -2.49. The van der Waals surface area contributed by atoms with Gasteiger partial charge in [-0.1, -0.05) is 17.7 Å². The topological polar surface area (TPSA) is 29.5 Å². The zero-order valence-electron chi connectivity index (χ0n) is 10.6. The highest BCUT2D eigenvalue weighted by atomic mass is 35.5. The Bertz CT molecular complexity index is 402. The lowest BCUT2D eigenvalue weighted by Gasteiger charge is -2.37. The molecule has 1 N–H and O–H groups in total. The summed E-state index contributed by atoms with van der Waals surface area (Å²) in [7, 11) is 0.0972. The normalized spacial score (nSPS) is 12.6. The van der Waals surface area contributed by atoms with E-state index in [9.17, 15) is 9.50 Å². The smallest absolute Gasteiger partial charge is 0.312 e. The van der Waals surface area contributed by atoms with Gasteiger partial charge in [-0.3, -0.25) is 0 Å². The summed E-state index contributed by atoms with van der Waals surface area (Å²) in [4.78, 5) is 0. The van der Waals surface area contributed by atoms with E-state index >= 15 is 0 Å². The summed E-state index contributed by atoms with van der Waals surface area (Å²) >= 11 is 5.66. The van der Waals surface area contributed by atoms with E-state index in [1.165, 1.54) is 6.07 Å². The molecule has 0 radical (unpaired) electrons. The molecule has 0 fully saturated rings. The van der Waals surface area contributed by atoms with Crippen molar-refractivity contribution in [2.24, 2.45) is 0 Å². The van der Waals surface area contributed by atoms with Crippen LogP contribution in [-0.2, 0) is 4.65 Å². The minimum Gasteiger partial charge on any atom is -0.427 e. The first-order valence-corrected chi connectivity index (χ1v) is 5.81. The zero-order chi connectivity index (χ0) is 13.3. The van der Waals surface area contributed by atoms with Gasteiger partial charge in [0.05, 0.1) is 11.2 Å². The van der Waals surface area contributed by atoms with E-state index in [2.05, 4.69) is 0 Å². The largest absolute Gasteiger partial charge is 0.427 e. The van der Waals surface area contributed by atoms with Crippen LogP contribution in [0, 0.1) is 5.82 Å². The van der Waals surface area contributed by atoms with Crippen molar-refractivity contribution >= 4 is 24.5 Å². The fourth-order valence-electron chi connectivity index (χ4n) is 1.07. The third-order valence-electron chi connectivity index (χ3n) is 3.08. The third kappa shape index (κ3) is 3.70. The van der Waals surface area contributed by atoms with E-state index in [0.29, 0.717) is 10.5 Å². The fraction of sp³-hybridized carbons (Fsp3) is 0.500. The fourth-order valence-corrected chi connectivity index (χ4v) is 1.23. The van der Waals surface area contributed by atoms with Gasteiger partial charge in [0.2, 0.25) is 0 Å². The maximum atomic E-state index is 13.5. The van der Waals surface area contributed by atoms with Crippen molar-refractivity contribution in [2.75, 3.05) is 0 Å². The van der Waals surface area contributed by atoms with Gasteiger partial charge >= 0.3 is 7.48 Å². The van der Waals surface area contributed by atoms with Crippen LogP contribution in [0.5, 0.6) is 0 Å². The van der Waals surface area contributed by atoms with E-state index in [1.54, 1.807) is 39.8 Å². The second-order valence-corrected chi connectivity index (χ2v) is 5.53. The van der Waals surface area contributed by atoms with Gasteiger partial charge in [-0.05, 0) is 45.3 Å². The lowest BCUT2D eigenvalue weighted by atomic mass is 9.82. The summed E-state index contributed by atoms with van der Waals surface area (Å²) in [6.45, 7) is 6.85. The first kappa shape index (κ1) is 14.5. The minimum atomic E-state index is -1.00. The van der Waals surface area contributed by atoms with Gasteiger partial charge in [0.25, 0.3) is 0 Å². The zero-order valence-corrected chi connectivity index (χ0v) is 11.3. The minimum absolute atomic E-state index is 0.0972. The SMILES string of the molecule is CC(C)(O)C(C)(C)OBc1ccc(Cl)cc1F. The second kappa shape index (κ2) is 4.97. The van der Waals surface area contributed by atoms with Crippen LogP contribution in [-0.4, -0.2) is 23.8 Å². The Labute approximate surface area is 107 Å². The predicted octanol–water partition coefficient (Wildman–Crippen LogP) is 2.02. The molecule has 2 nitrogen and oxygen atoms in total. The molecule has 94 valence electrons. The molecule has 5 heteroatoms. The number of hydrogen-bond acceptors (Lipinski definition) is 2. The summed E-state index contributed by atoms with van der Waals surface area (Å²) < 4.78 is 19.1. The monoisotopic (exact) mass is 258 g/mol. The standard InChI is InChI=1S/C12H17BClFO2/c1-11(2,16)12(3,4)17-13-9-6-5-8(14)7-10(9)15/h5-7,13,16H,1-4H3. The molecular formula is C12H17BClFO2. The van der Waals surface area contributed by atoms with Gasteiger partial charge in [0.15, 0.2) is 0 Å². The average molecular weight is 259 g/mol. The molecule has 0 aromatic heterocycles. The highest BCUT2D eigenvalue weighted by Crippen LogP contribution is 2.24. The average Bonchev–Trinajstić information content (AvgIpc) is 2.14. The molecule has 0 aliphatic carbocycles. The third-order valence-corrected chi connectivity index (χ3v) is 3.31. The molecule has 0 bridgehead atoms. The van der Waals surface area contributed by atoms with Crippen molar-refractivity contribution in [2.45, 2.75) is 38.9 Å². The molecular weight excluding hydrogens is 241 g/mol. The Kier molecular flexibility index (Phi) is 4.23. The van der Waals surface area contributed by atoms with E-state index in [0.717, 1.165) is 0 Å². The molecule has 1 aromatic rings. The quantitative estimate of drug-likeness (QED) is 0.838. The molecule has 1 rings (SSSR count). The number of halogens is 2. The van der Waals surface area contributed by atoms with Crippen molar-refractivity contribution in [3.05, 3.63) is 29.0 Å². The van der Waals surface area contributed by atoms with E-state index in [4.69, 9.17) is 16.3 Å². The molecule has 0 amide bonds. The van der Waals surface area contributed by atoms with Crippen LogP contribution in [0.1, 0.15) is 27.7 Å². The van der Waals surface area contributed by atoms with Crippen LogP contribution in [0.25, 0.3) is 0 Å². The van der Waals surface area contributed by atoms with E-state index in [-0.39, 0.29) is 7.48 Å². The molecule has 1 aromatic carbocycles. The highest BCUT2D eigenvalue weighted by molar-refractivity contribution is 6.47. The molecule has 0 saturated carbocycles. The van der Waals surface area contributed by atoms with Crippen molar-refractivity contribution in [3.63, 3.8) is 0 Å². The van der Waals surface area contributed by atoms with Crippen LogP contribution >= 0.6 is 11.6 Å². The Hall–Kier alpha value is -0.575. The maximum Gasteiger partial charge on any atom is 0.312 e. The Morgan fingerprint density at radius 3 is 2.35 bits per heavy atom. The van der Waals surface area contributed by atoms with Crippen molar-refractivity contribution in [1.82, 2.24) is 0 Å². The second-order valence-electron chi connectivity index (χ2n) is 5.09. The first-order chi connectivity index (χ1) is 7.63. The highest BCUT2D eigenvalue weighted by Gasteiger charge is 2.35. The summed E-state index contributed by atoms with van der Waals surface area (Å²) in [5, 5.41) is 10.3. The molecule has 0 spiro atoms. The molecule has 17 heavy (non-hydrogen) atoms. The van der Waals surface area contributed by atoms with Crippen LogP contribution < -0.4 is 5.46 Å². The Morgan fingerprint density at radius 2 is 1.88 bits per heavy atom. The number of benzene rings is 1. The van der Waals surface area contributed by atoms with Gasteiger partial charge in [-0.15, -0.1) is 0 Å². The molecule has 0 unspecified atom stereocenters. The van der Waals surface area contributed by atoms with Crippen molar-refractivity contribution < 1.29 is 14.2 Å². The summed E-state index contributed by atoms with van der Waals surface area (Å²) in [6.07, 6.45) is 0. The maximum absolute atomic E-state index is 13.5. The Balaban J connectivity index is 2.74. The van der Waals surface area contributed by atoms with E-state index < -0.39 is 17.0 Å². The molecule has 0 saturated heterocycles. The van der Waals surface area contributed by atoms with Crippen molar-refractivity contribution in [1.29, 1.82) is 0 Å². The van der Waals surface area contributed by atoms with Crippen LogP contribution in [0.2, 0.25) is 5.02 Å². The number of rotatable bonds is 4. The lowest BCUT2D eigenvalue weighted by molar-refractivity contribution is -0.0893. The van der Waals surface area contributed by atoms with Gasteiger partial charge in [-0.2, -0.15) is 0 Å². The predicted molar refractivity (Wildman–Crippen MR) is 69.7 cm³/mol. The van der Waals surface area contributed by atoms with Gasteiger partial charge in [-0.25, -0.2) is 4.39 Å². The molecule has 0 atom stereocenters. The Morgan fingerprint density at radius 1 is 1.29 bits per heavy atom. The van der Waals surface area contributed by atoms with Crippen LogP contribution in [0.15, 0.2) is 18.2 Å². The van der Waals surface area contributed by atoms with Crippen LogP contribution in [0.4, 0.5) is 4.39 Å². The number of hydrogen-bond donors (Lipinski definition) is 1. The van der Waals surface area contributed by atoms with Gasteiger partial charge in [0, 0.05) is 5.02 Å². The van der Waals surface area contributed by atoms with E-state index in [1.807, 2.05) is 0 Å². The van der Waals surface area contributed by atoms with Gasteiger partial charge in [0.1, 0.15) is 5.82 Å². The number of aliphatic hydroxyl groups is 1. The summed E-state index contributed by atoms with van der Waals surface area (Å²) in [5.74, 6) is -0.399. The summed E-state index contributed by atoms with van der Waals surface area (Å²) in [5.41, 5.74) is -1.35.